The number of rotatable bonds is 4. The molecule has 0 radical (unpaired) electrons. The van der Waals surface area contributed by atoms with Gasteiger partial charge in [-0.1, -0.05) is 12.1 Å². The average Bonchev–Trinajstić information content (AvgIpc) is 2.28. The molecule has 1 amide bonds. The highest BCUT2D eigenvalue weighted by molar-refractivity contribution is 5.85. The molecule has 0 aliphatic rings. The van der Waals surface area contributed by atoms with Crippen LogP contribution in [0.5, 0.6) is 0 Å². The van der Waals surface area contributed by atoms with Gasteiger partial charge in [-0.2, -0.15) is 13.2 Å². The molecule has 0 aliphatic heterocycles. The van der Waals surface area contributed by atoms with Crippen molar-refractivity contribution >= 4 is 18.3 Å². The van der Waals surface area contributed by atoms with Crippen LogP contribution in [-0.2, 0) is 11.0 Å². The maximum atomic E-state index is 12.3. The van der Waals surface area contributed by atoms with Crippen molar-refractivity contribution in [1.29, 1.82) is 0 Å². The van der Waals surface area contributed by atoms with Gasteiger partial charge < -0.3 is 11.1 Å². The fourth-order valence-electron chi connectivity index (χ4n) is 1.49. The lowest BCUT2D eigenvalue weighted by molar-refractivity contribution is -0.137. The van der Waals surface area contributed by atoms with Crippen LogP contribution in [0.3, 0.4) is 0 Å². The molecule has 3 N–H and O–H groups in total. The van der Waals surface area contributed by atoms with Crippen LogP contribution in [0.4, 0.5) is 13.2 Å². The van der Waals surface area contributed by atoms with Crippen LogP contribution >= 0.6 is 12.4 Å². The van der Waals surface area contributed by atoms with Crippen molar-refractivity contribution < 1.29 is 18.0 Å². The standard InChI is InChI=1S/C12H15F3N2O.ClH/c1-8(17-11(18)6-7-16)9-2-4-10(5-3-9)12(13,14)15;/h2-5,8H,6-7,16H2,1H3,(H,17,18);1H. The summed E-state index contributed by atoms with van der Waals surface area (Å²) in [6.07, 6.45) is -4.14. The van der Waals surface area contributed by atoms with Gasteiger partial charge in [0.2, 0.25) is 5.91 Å². The maximum Gasteiger partial charge on any atom is 0.416 e. The molecule has 0 aliphatic carbocycles. The zero-order valence-electron chi connectivity index (χ0n) is 10.3. The molecule has 0 heterocycles. The van der Waals surface area contributed by atoms with E-state index in [1.165, 1.54) is 12.1 Å². The van der Waals surface area contributed by atoms with Crippen LogP contribution in [0.15, 0.2) is 24.3 Å². The number of nitrogens with two attached hydrogens (primary N) is 1. The Hall–Kier alpha value is -1.27. The third-order valence-corrected chi connectivity index (χ3v) is 2.49. The molecule has 19 heavy (non-hydrogen) atoms. The molecule has 1 atom stereocenters. The van der Waals surface area contributed by atoms with E-state index in [4.69, 9.17) is 5.73 Å². The van der Waals surface area contributed by atoms with Crippen molar-refractivity contribution in [3.8, 4) is 0 Å². The lowest BCUT2D eigenvalue weighted by Gasteiger charge is -2.15. The van der Waals surface area contributed by atoms with Gasteiger partial charge in [0.15, 0.2) is 0 Å². The summed E-state index contributed by atoms with van der Waals surface area (Å²) < 4.78 is 37.0. The number of hydrogen-bond donors (Lipinski definition) is 2. The quantitative estimate of drug-likeness (QED) is 0.897. The molecule has 0 saturated carbocycles. The fourth-order valence-corrected chi connectivity index (χ4v) is 1.49. The van der Waals surface area contributed by atoms with Gasteiger partial charge in [0.05, 0.1) is 11.6 Å². The average molecular weight is 297 g/mol. The number of benzene rings is 1. The van der Waals surface area contributed by atoms with E-state index in [0.29, 0.717) is 5.56 Å². The highest BCUT2D eigenvalue weighted by Gasteiger charge is 2.30. The smallest absolute Gasteiger partial charge is 0.350 e. The van der Waals surface area contributed by atoms with E-state index >= 15 is 0 Å². The molecule has 1 aromatic rings. The topological polar surface area (TPSA) is 55.1 Å². The van der Waals surface area contributed by atoms with Crippen molar-refractivity contribution in [3.05, 3.63) is 35.4 Å². The van der Waals surface area contributed by atoms with E-state index < -0.39 is 11.7 Å². The SMILES string of the molecule is CC(NC(=O)CCN)c1ccc(C(F)(F)F)cc1.Cl. The minimum Gasteiger partial charge on any atom is -0.350 e. The molecule has 3 nitrogen and oxygen atoms in total. The highest BCUT2D eigenvalue weighted by atomic mass is 35.5. The number of carbonyl (C=O) groups is 1. The zero-order chi connectivity index (χ0) is 13.8. The van der Waals surface area contributed by atoms with Gasteiger partial charge in [-0.05, 0) is 24.6 Å². The van der Waals surface area contributed by atoms with E-state index in [2.05, 4.69) is 5.32 Å². The van der Waals surface area contributed by atoms with Crippen LogP contribution in [0.1, 0.15) is 30.5 Å². The number of hydrogen-bond acceptors (Lipinski definition) is 2. The Morgan fingerprint density at radius 2 is 1.84 bits per heavy atom. The van der Waals surface area contributed by atoms with Gasteiger partial charge in [-0.25, -0.2) is 0 Å². The van der Waals surface area contributed by atoms with Crippen molar-refractivity contribution in [2.45, 2.75) is 25.6 Å². The van der Waals surface area contributed by atoms with Crippen LogP contribution in [0.25, 0.3) is 0 Å². The third kappa shape index (κ3) is 5.48. The Labute approximate surface area is 115 Å². The molecule has 0 saturated heterocycles. The largest absolute Gasteiger partial charge is 0.416 e. The van der Waals surface area contributed by atoms with Crippen molar-refractivity contribution in [1.82, 2.24) is 5.32 Å². The van der Waals surface area contributed by atoms with Crippen LogP contribution in [0.2, 0.25) is 0 Å². The minimum absolute atomic E-state index is 0. The van der Waals surface area contributed by atoms with Gasteiger partial charge in [0.25, 0.3) is 0 Å². The second kappa shape index (κ2) is 7.35. The Balaban J connectivity index is 0.00000324. The molecule has 7 heteroatoms. The van der Waals surface area contributed by atoms with Crippen molar-refractivity contribution in [3.63, 3.8) is 0 Å². The predicted molar refractivity (Wildman–Crippen MR) is 68.9 cm³/mol. The lowest BCUT2D eigenvalue weighted by atomic mass is 10.1. The molecule has 1 rings (SSSR count). The van der Waals surface area contributed by atoms with Crippen molar-refractivity contribution in [2.75, 3.05) is 6.54 Å². The first-order chi connectivity index (χ1) is 8.34. The van der Waals surface area contributed by atoms with E-state index in [9.17, 15) is 18.0 Å². The number of alkyl halides is 3. The molecular weight excluding hydrogens is 281 g/mol. The molecule has 0 spiro atoms. The van der Waals surface area contributed by atoms with Crippen LogP contribution in [0, 0.1) is 0 Å². The minimum atomic E-state index is -4.34. The van der Waals surface area contributed by atoms with E-state index in [0.717, 1.165) is 12.1 Å². The molecule has 1 aromatic carbocycles. The summed E-state index contributed by atoms with van der Waals surface area (Å²) in [7, 11) is 0. The Morgan fingerprint density at radius 1 is 1.32 bits per heavy atom. The molecule has 0 aromatic heterocycles. The first kappa shape index (κ1) is 17.7. The van der Waals surface area contributed by atoms with Gasteiger partial charge >= 0.3 is 6.18 Å². The second-order valence-electron chi connectivity index (χ2n) is 3.95. The molecule has 0 bridgehead atoms. The fraction of sp³-hybridized carbons (Fsp3) is 0.417. The van der Waals surface area contributed by atoms with Crippen LogP contribution in [-0.4, -0.2) is 12.5 Å². The van der Waals surface area contributed by atoms with Gasteiger partial charge in [0.1, 0.15) is 0 Å². The number of carbonyl (C=O) groups excluding carboxylic acids is 1. The first-order valence-corrected chi connectivity index (χ1v) is 5.51. The Bertz CT molecular complexity index is 406. The van der Waals surface area contributed by atoms with Gasteiger partial charge in [0, 0.05) is 13.0 Å². The summed E-state index contributed by atoms with van der Waals surface area (Å²) in [5, 5.41) is 2.66. The number of amides is 1. The van der Waals surface area contributed by atoms with Gasteiger partial charge in [-0.15, -0.1) is 12.4 Å². The van der Waals surface area contributed by atoms with Gasteiger partial charge in [-0.3, -0.25) is 4.79 Å². The summed E-state index contributed by atoms with van der Waals surface area (Å²) >= 11 is 0. The molecule has 1 unspecified atom stereocenters. The second-order valence-corrected chi connectivity index (χ2v) is 3.95. The lowest BCUT2D eigenvalue weighted by Crippen LogP contribution is -2.28. The van der Waals surface area contributed by atoms with E-state index in [-0.39, 0.29) is 37.3 Å². The Morgan fingerprint density at radius 3 is 2.26 bits per heavy atom. The number of nitrogens with one attached hydrogen (secondary N) is 1. The summed E-state index contributed by atoms with van der Waals surface area (Å²) in [5.41, 5.74) is 5.14. The highest BCUT2D eigenvalue weighted by Crippen LogP contribution is 2.29. The summed E-state index contributed by atoms with van der Waals surface area (Å²) in [5.74, 6) is -0.218. The third-order valence-electron chi connectivity index (χ3n) is 2.49. The van der Waals surface area contributed by atoms with Crippen molar-refractivity contribution in [2.24, 2.45) is 5.73 Å². The normalized spacial score (nSPS) is 12.5. The number of halogens is 4. The Kier molecular flexibility index (Phi) is 6.86. The summed E-state index contributed by atoms with van der Waals surface area (Å²) in [6, 6.07) is 4.38. The first-order valence-electron chi connectivity index (χ1n) is 5.51. The predicted octanol–water partition coefficient (Wildman–Crippen LogP) is 2.65. The molecule has 108 valence electrons. The van der Waals surface area contributed by atoms with Crippen LogP contribution < -0.4 is 11.1 Å². The summed E-state index contributed by atoms with van der Waals surface area (Å²) in [4.78, 5) is 11.3. The molecule has 0 fully saturated rings. The summed E-state index contributed by atoms with van der Waals surface area (Å²) in [6.45, 7) is 1.95. The molecular formula is C12H16ClF3N2O. The zero-order valence-corrected chi connectivity index (χ0v) is 11.1. The van der Waals surface area contributed by atoms with E-state index in [1.807, 2.05) is 0 Å². The monoisotopic (exact) mass is 296 g/mol. The van der Waals surface area contributed by atoms with E-state index in [1.54, 1.807) is 6.92 Å². The maximum absolute atomic E-state index is 12.3.